The molecule has 0 aromatic heterocycles. The SMILES string of the molecule is CC(NCc1c(O)cc2c(c1C(=O)O)C1(OC(=O)c3ccccc31)c1ccc(O)cc1O2)C(=O)O. The van der Waals surface area contributed by atoms with Crippen LogP contribution in [0.25, 0.3) is 0 Å². The van der Waals surface area contributed by atoms with E-state index in [1.54, 1.807) is 24.3 Å². The maximum Gasteiger partial charge on any atom is 0.340 e. The molecule has 3 aromatic rings. The first-order chi connectivity index (χ1) is 16.6. The minimum atomic E-state index is -1.75. The van der Waals surface area contributed by atoms with Crippen LogP contribution in [0.5, 0.6) is 23.0 Å². The van der Waals surface area contributed by atoms with Crippen molar-refractivity contribution in [3.8, 4) is 23.0 Å². The van der Waals surface area contributed by atoms with Crippen LogP contribution in [0.3, 0.4) is 0 Å². The standard InChI is InChI=1S/C25H19NO9/c1-11(22(29)30)26-10-14-17(28)9-19-21(20(14)23(31)32)25(16-7-6-12(27)8-18(16)34-19)15-5-3-2-4-13(15)24(33)35-25/h2-9,11,26-28H,10H2,1H3,(H,29,30)(H,31,32). The Bertz CT molecular complexity index is 1430. The summed E-state index contributed by atoms with van der Waals surface area (Å²) in [5, 5.41) is 42.9. The van der Waals surface area contributed by atoms with Gasteiger partial charge in [0.1, 0.15) is 29.0 Å². The second kappa shape index (κ2) is 7.74. The van der Waals surface area contributed by atoms with E-state index in [1.165, 1.54) is 31.2 Å². The Balaban J connectivity index is 1.85. The van der Waals surface area contributed by atoms with Crippen LogP contribution in [-0.2, 0) is 21.7 Å². The summed E-state index contributed by atoms with van der Waals surface area (Å²) in [6, 6.07) is 10.8. The number of rotatable bonds is 5. The highest BCUT2D eigenvalue weighted by Crippen LogP contribution is 2.58. The van der Waals surface area contributed by atoms with Gasteiger partial charge in [0.25, 0.3) is 0 Å². The highest BCUT2D eigenvalue weighted by molar-refractivity contribution is 6.00. The third-order valence-electron chi connectivity index (χ3n) is 6.23. The van der Waals surface area contributed by atoms with E-state index < -0.39 is 40.9 Å². The van der Waals surface area contributed by atoms with Crippen molar-refractivity contribution < 1.29 is 44.3 Å². The maximum atomic E-state index is 13.0. The Morgan fingerprint density at radius 3 is 2.49 bits per heavy atom. The number of aliphatic carboxylic acids is 1. The normalized spacial score (nSPS) is 18.1. The van der Waals surface area contributed by atoms with Crippen molar-refractivity contribution in [1.29, 1.82) is 0 Å². The fourth-order valence-corrected chi connectivity index (χ4v) is 4.62. The predicted octanol–water partition coefficient (Wildman–Crippen LogP) is 2.93. The van der Waals surface area contributed by atoms with Gasteiger partial charge in [0.05, 0.1) is 16.7 Å². The Labute approximate surface area is 198 Å². The van der Waals surface area contributed by atoms with Crippen molar-refractivity contribution in [3.05, 3.63) is 81.9 Å². The smallest absolute Gasteiger partial charge is 0.340 e. The van der Waals surface area contributed by atoms with Gasteiger partial charge in [0, 0.05) is 35.4 Å². The average Bonchev–Trinajstić information content (AvgIpc) is 3.10. The number of carboxylic acids is 2. The van der Waals surface area contributed by atoms with Crippen molar-refractivity contribution in [2.24, 2.45) is 0 Å². The van der Waals surface area contributed by atoms with E-state index in [0.717, 1.165) is 0 Å². The van der Waals surface area contributed by atoms with Gasteiger partial charge in [-0.05, 0) is 25.1 Å². The van der Waals surface area contributed by atoms with Crippen LogP contribution in [0.15, 0.2) is 48.5 Å². The summed E-state index contributed by atoms with van der Waals surface area (Å²) < 4.78 is 11.8. The molecule has 2 unspecified atom stereocenters. The number of hydrogen-bond donors (Lipinski definition) is 5. The van der Waals surface area contributed by atoms with Crippen LogP contribution in [0.1, 0.15) is 49.9 Å². The van der Waals surface area contributed by atoms with Gasteiger partial charge in [-0.25, -0.2) is 9.59 Å². The van der Waals surface area contributed by atoms with Crippen LogP contribution >= 0.6 is 0 Å². The fourth-order valence-electron chi connectivity index (χ4n) is 4.62. The predicted molar refractivity (Wildman–Crippen MR) is 119 cm³/mol. The number of benzene rings is 3. The summed E-state index contributed by atoms with van der Waals surface area (Å²) in [6.07, 6.45) is 0. The molecule has 0 saturated heterocycles. The summed E-state index contributed by atoms with van der Waals surface area (Å²) in [5.74, 6) is -3.85. The second-order valence-electron chi connectivity index (χ2n) is 8.27. The van der Waals surface area contributed by atoms with Crippen LogP contribution in [0, 0.1) is 0 Å². The number of hydrogen-bond acceptors (Lipinski definition) is 8. The van der Waals surface area contributed by atoms with E-state index in [9.17, 15) is 34.8 Å². The van der Waals surface area contributed by atoms with E-state index in [0.29, 0.717) is 5.56 Å². The summed E-state index contributed by atoms with van der Waals surface area (Å²) in [4.78, 5) is 36.9. The number of aromatic carboxylic acids is 1. The van der Waals surface area contributed by atoms with Gasteiger partial charge >= 0.3 is 17.9 Å². The molecule has 5 rings (SSSR count). The molecular weight excluding hydrogens is 458 g/mol. The van der Waals surface area contributed by atoms with Gasteiger partial charge in [-0.3, -0.25) is 4.79 Å². The van der Waals surface area contributed by atoms with E-state index in [-0.39, 0.29) is 46.0 Å². The van der Waals surface area contributed by atoms with Gasteiger partial charge < -0.3 is 35.2 Å². The highest BCUT2D eigenvalue weighted by atomic mass is 16.6. The van der Waals surface area contributed by atoms with Gasteiger partial charge in [-0.1, -0.05) is 18.2 Å². The summed E-state index contributed by atoms with van der Waals surface area (Å²) in [6.45, 7) is 1.07. The van der Waals surface area contributed by atoms with Crippen LogP contribution in [0.2, 0.25) is 0 Å². The lowest BCUT2D eigenvalue weighted by molar-refractivity contribution is -0.139. The molecule has 2 heterocycles. The lowest BCUT2D eigenvalue weighted by Crippen LogP contribution is -2.37. The molecule has 0 amide bonds. The third kappa shape index (κ3) is 3.18. The number of carbonyl (C=O) groups excluding carboxylic acids is 1. The number of nitrogens with one attached hydrogen (secondary N) is 1. The van der Waals surface area contributed by atoms with E-state index in [2.05, 4.69) is 5.32 Å². The molecule has 2 aliphatic rings. The molecule has 2 atom stereocenters. The molecule has 10 nitrogen and oxygen atoms in total. The molecule has 1 spiro atoms. The number of carbonyl (C=O) groups is 3. The van der Waals surface area contributed by atoms with Gasteiger partial charge in [-0.2, -0.15) is 0 Å². The lowest BCUT2D eigenvalue weighted by Gasteiger charge is -2.38. The zero-order valence-corrected chi connectivity index (χ0v) is 18.2. The molecule has 0 aliphatic carbocycles. The number of carboxylic acid groups (broad SMARTS) is 2. The topological polar surface area (TPSA) is 163 Å². The largest absolute Gasteiger partial charge is 0.508 e. The van der Waals surface area contributed by atoms with Crippen molar-refractivity contribution in [2.45, 2.75) is 25.1 Å². The number of aromatic hydroxyl groups is 2. The lowest BCUT2D eigenvalue weighted by atomic mass is 9.74. The van der Waals surface area contributed by atoms with Gasteiger partial charge in [-0.15, -0.1) is 0 Å². The zero-order valence-electron chi connectivity index (χ0n) is 18.2. The summed E-state index contributed by atoms with van der Waals surface area (Å²) >= 11 is 0. The quantitative estimate of drug-likeness (QED) is 0.345. The molecule has 10 heteroatoms. The monoisotopic (exact) mass is 477 g/mol. The number of phenols is 2. The van der Waals surface area contributed by atoms with Crippen molar-refractivity contribution in [2.75, 3.05) is 0 Å². The number of esters is 1. The average molecular weight is 477 g/mol. The molecule has 35 heavy (non-hydrogen) atoms. The molecule has 0 radical (unpaired) electrons. The molecule has 5 N–H and O–H groups in total. The Hall–Kier alpha value is -4.57. The van der Waals surface area contributed by atoms with Crippen molar-refractivity contribution in [1.82, 2.24) is 5.32 Å². The van der Waals surface area contributed by atoms with Crippen molar-refractivity contribution >= 4 is 17.9 Å². The van der Waals surface area contributed by atoms with E-state index in [1.807, 2.05) is 0 Å². The minimum Gasteiger partial charge on any atom is -0.508 e. The van der Waals surface area contributed by atoms with Gasteiger partial charge in [0.15, 0.2) is 5.60 Å². The zero-order chi connectivity index (χ0) is 25.1. The minimum absolute atomic E-state index is 0.0286. The molecule has 178 valence electrons. The van der Waals surface area contributed by atoms with Crippen LogP contribution in [-0.4, -0.2) is 44.4 Å². The molecule has 3 aromatic carbocycles. The molecule has 0 bridgehead atoms. The first-order valence-corrected chi connectivity index (χ1v) is 10.6. The maximum absolute atomic E-state index is 13.0. The summed E-state index contributed by atoms with van der Waals surface area (Å²) in [5.41, 5.74) is -1.40. The van der Waals surface area contributed by atoms with E-state index in [4.69, 9.17) is 9.47 Å². The van der Waals surface area contributed by atoms with Gasteiger partial charge in [0.2, 0.25) is 0 Å². The van der Waals surface area contributed by atoms with Crippen LogP contribution < -0.4 is 10.1 Å². The number of phenolic OH excluding ortho intramolecular Hbond substituents is 2. The second-order valence-corrected chi connectivity index (χ2v) is 8.27. The van der Waals surface area contributed by atoms with Crippen molar-refractivity contribution in [3.63, 3.8) is 0 Å². The summed E-state index contributed by atoms with van der Waals surface area (Å²) in [7, 11) is 0. The van der Waals surface area contributed by atoms with Crippen LogP contribution in [0.4, 0.5) is 0 Å². The number of fused-ring (bicyclic) bond motifs is 6. The van der Waals surface area contributed by atoms with E-state index >= 15 is 0 Å². The molecule has 2 aliphatic heterocycles. The molecular formula is C25H19NO9. The first kappa shape index (κ1) is 22.2. The highest BCUT2D eigenvalue weighted by Gasteiger charge is 2.56. The fraction of sp³-hybridized carbons (Fsp3) is 0.160. The Morgan fingerprint density at radius 2 is 1.77 bits per heavy atom. The third-order valence-corrected chi connectivity index (χ3v) is 6.23. The Kier molecular flexibility index (Phi) is 4.92. The molecule has 0 fully saturated rings. The number of ether oxygens (including phenoxy) is 2. The first-order valence-electron chi connectivity index (χ1n) is 10.6. The molecule has 0 saturated carbocycles. The Morgan fingerprint density at radius 1 is 1.03 bits per heavy atom.